The molecule has 2 aromatic heterocycles. The van der Waals surface area contributed by atoms with Crippen LogP contribution in [0.15, 0.2) is 48.7 Å². The number of nitrogens with zero attached hydrogens (tertiary/aromatic N) is 2. The second kappa shape index (κ2) is 5.40. The summed E-state index contributed by atoms with van der Waals surface area (Å²) in [7, 11) is 1.39. The number of fused-ring (bicyclic) bond motifs is 1. The van der Waals surface area contributed by atoms with Gasteiger partial charge < -0.3 is 4.74 Å². The molecular formula is C17H16N2O2. The number of carbonyl (C=O) groups excluding carboxylic acids is 1. The number of hydrogen-bond acceptors (Lipinski definition) is 3. The predicted molar refractivity (Wildman–Crippen MR) is 80.5 cm³/mol. The molecule has 0 saturated carbocycles. The number of aromatic nitrogens is 2. The number of pyridine rings is 1. The van der Waals surface area contributed by atoms with E-state index in [0.29, 0.717) is 12.1 Å². The summed E-state index contributed by atoms with van der Waals surface area (Å²) in [4.78, 5) is 16.4. The van der Waals surface area contributed by atoms with E-state index in [0.717, 1.165) is 11.3 Å². The van der Waals surface area contributed by atoms with Crippen LogP contribution in [0.4, 0.5) is 0 Å². The van der Waals surface area contributed by atoms with Crippen LogP contribution in [0.25, 0.3) is 5.52 Å². The first kappa shape index (κ1) is 13.4. The van der Waals surface area contributed by atoms with Gasteiger partial charge in [-0.25, -0.2) is 9.78 Å². The molecule has 0 aliphatic rings. The second-order valence-corrected chi connectivity index (χ2v) is 5.00. The van der Waals surface area contributed by atoms with Gasteiger partial charge in [0.2, 0.25) is 0 Å². The molecule has 0 amide bonds. The van der Waals surface area contributed by atoms with Gasteiger partial charge in [0.15, 0.2) is 0 Å². The number of benzene rings is 1. The van der Waals surface area contributed by atoms with Crippen molar-refractivity contribution in [2.45, 2.75) is 13.3 Å². The van der Waals surface area contributed by atoms with Gasteiger partial charge >= 0.3 is 5.97 Å². The molecule has 0 fully saturated rings. The van der Waals surface area contributed by atoms with Gasteiger partial charge in [-0.3, -0.25) is 4.40 Å². The molecule has 3 aromatic rings. The quantitative estimate of drug-likeness (QED) is 0.693. The fourth-order valence-electron chi connectivity index (χ4n) is 2.51. The van der Waals surface area contributed by atoms with E-state index < -0.39 is 0 Å². The van der Waals surface area contributed by atoms with E-state index in [1.54, 1.807) is 12.3 Å². The number of ether oxygens (including phenoxy) is 1. The minimum Gasteiger partial charge on any atom is -0.464 e. The lowest BCUT2D eigenvalue weighted by Crippen LogP contribution is -2.10. The van der Waals surface area contributed by atoms with Crippen LogP contribution in [-0.2, 0) is 11.2 Å². The Bertz CT molecular complexity index is 805. The summed E-state index contributed by atoms with van der Waals surface area (Å²) >= 11 is 0. The van der Waals surface area contributed by atoms with Gasteiger partial charge in [-0.15, -0.1) is 0 Å². The van der Waals surface area contributed by atoms with Crippen LogP contribution in [0.2, 0.25) is 0 Å². The van der Waals surface area contributed by atoms with Crippen molar-refractivity contribution >= 4 is 11.5 Å². The van der Waals surface area contributed by atoms with E-state index >= 15 is 0 Å². The number of aryl methyl sites for hydroxylation is 1. The highest BCUT2D eigenvalue weighted by Gasteiger charge is 2.14. The largest absolute Gasteiger partial charge is 0.464 e. The monoisotopic (exact) mass is 280 g/mol. The first-order valence-electron chi connectivity index (χ1n) is 6.78. The standard InChI is InChI=1S/C17H16N2O2/c1-12-5-3-6-13(9-12)10-16-18-11-14-7-4-8-15(19(14)16)17(20)21-2/h3-9,11H,10H2,1-2H3. The molecule has 0 spiro atoms. The SMILES string of the molecule is COC(=O)c1cccc2cnc(Cc3cccc(C)c3)n12. The highest BCUT2D eigenvalue weighted by molar-refractivity contribution is 5.88. The Morgan fingerprint density at radius 1 is 1.24 bits per heavy atom. The average molecular weight is 280 g/mol. The predicted octanol–water partition coefficient (Wildman–Crippen LogP) is 3.02. The molecule has 106 valence electrons. The molecule has 4 heteroatoms. The molecule has 0 saturated heterocycles. The zero-order chi connectivity index (χ0) is 14.8. The van der Waals surface area contributed by atoms with Gasteiger partial charge in [0.1, 0.15) is 11.5 Å². The Kier molecular flexibility index (Phi) is 3.44. The summed E-state index contributed by atoms with van der Waals surface area (Å²) in [5.74, 6) is 0.473. The molecule has 0 radical (unpaired) electrons. The number of hydrogen-bond donors (Lipinski definition) is 0. The van der Waals surface area contributed by atoms with Crippen LogP contribution in [0, 0.1) is 6.92 Å². The van der Waals surface area contributed by atoms with Gasteiger partial charge in [-0.1, -0.05) is 35.9 Å². The Hall–Kier alpha value is -2.62. The van der Waals surface area contributed by atoms with Crippen LogP contribution in [0.1, 0.15) is 27.4 Å². The number of esters is 1. The van der Waals surface area contributed by atoms with Crippen molar-refractivity contribution in [3.63, 3.8) is 0 Å². The molecule has 1 aromatic carbocycles. The van der Waals surface area contributed by atoms with E-state index in [4.69, 9.17) is 4.74 Å². The molecule has 0 bridgehead atoms. The molecule has 2 heterocycles. The molecule has 3 rings (SSSR count). The molecule has 21 heavy (non-hydrogen) atoms. The van der Waals surface area contributed by atoms with Gasteiger partial charge in [-0.2, -0.15) is 0 Å². The maximum atomic E-state index is 11.9. The molecule has 0 aliphatic carbocycles. The van der Waals surface area contributed by atoms with Crippen molar-refractivity contribution in [1.29, 1.82) is 0 Å². The normalized spacial score (nSPS) is 10.8. The molecule has 0 unspecified atom stereocenters. The van der Waals surface area contributed by atoms with Crippen molar-refractivity contribution in [1.82, 2.24) is 9.38 Å². The van der Waals surface area contributed by atoms with Crippen LogP contribution in [0.5, 0.6) is 0 Å². The van der Waals surface area contributed by atoms with Crippen molar-refractivity contribution in [3.8, 4) is 0 Å². The maximum absolute atomic E-state index is 11.9. The summed E-state index contributed by atoms with van der Waals surface area (Å²) in [6, 6.07) is 13.8. The number of carbonyl (C=O) groups is 1. The molecule has 0 N–H and O–H groups in total. The van der Waals surface area contributed by atoms with Crippen LogP contribution < -0.4 is 0 Å². The summed E-state index contributed by atoms with van der Waals surface area (Å²) in [6.45, 7) is 2.06. The summed E-state index contributed by atoms with van der Waals surface area (Å²) < 4.78 is 6.71. The van der Waals surface area contributed by atoms with Gasteiger partial charge in [0, 0.05) is 6.42 Å². The third kappa shape index (κ3) is 2.52. The maximum Gasteiger partial charge on any atom is 0.355 e. The minimum atomic E-state index is -0.357. The average Bonchev–Trinajstić information content (AvgIpc) is 2.90. The molecular weight excluding hydrogens is 264 g/mol. The zero-order valence-electron chi connectivity index (χ0n) is 12.0. The highest BCUT2D eigenvalue weighted by Crippen LogP contribution is 2.16. The van der Waals surface area contributed by atoms with Crippen LogP contribution in [0.3, 0.4) is 0 Å². The van der Waals surface area contributed by atoms with Crippen LogP contribution >= 0.6 is 0 Å². The van der Waals surface area contributed by atoms with Gasteiger partial charge in [-0.05, 0) is 24.6 Å². The fourth-order valence-corrected chi connectivity index (χ4v) is 2.51. The van der Waals surface area contributed by atoms with E-state index in [9.17, 15) is 4.79 Å². The zero-order valence-corrected chi connectivity index (χ0v) is 12.0. The lowest BCUT2D eigenvalue weighted by atomic mass is 10.1. The second-order valence-electron chi connectivity index (χ2n) is 5.00. The van der Waals surface area contributed by atoms with E-state index in [1.807, 2.05) is 22.6 Å². The number of imidazole rings is 1. The lowest BCUT2D eigenvalue weighted by molar-refractivity contribution is 0.0592. The summed E-state index contributed by atoms with van der Waals surface area (Å²) in [5.41, 5.74) is 3.76. The topological polar surface area (TPSA) is 43.6 Å². The number of methoxy groups -OCH3 is 1. The van der Waals surface area contributed by atoms with Crippen molar-refractivity contribution in [2.24, 2.45) is 0 Å². The highest BCUT2D eigenvalue weighted by atomic mass is 16.5. The molecule has 4 nitrogen and oxygen atoms in total. The van der Waals surface area contributed by atoms with Gasteiger partial charge in [0.25, 0.3) is 0 Å². The van der Waals surface area contributed by atoms with Crippen molar-refractivity contribution < 1.29 is 9.53 Å². The number of rotatable bonds is 3. The Labute approximate surface area is 123 Å². The smallest absolute Gasteiger partial charge is 0.355 e. The summed E-state index contributed by atoms with van der Waals surface area (Å²) in [6.07, 6.45) is 2.45. The lowest BCUT2D eigenvalue weighted by Gasteiger charge is -2.07. The Morgan fingerprint density at radius 3 is 2.81 bits per heavy atom. The van der Waals surface area contributed by atoms with E-state index in [1.165, 1.54) is 18.2 Å². The van der Waals surface area contributed by atoms with E-state index in [-0.39, 0.29) is 5.97 Å². The fraction of sp³-hybridized carbons (Fsp3) is 0.176. The third-order valence-corrected chi connectivity index (χ3v) is 3.46. The molecule has 0 atom stereocenters. The van der Waals surface area contributed by atoms with Gasteiger partial charge in [0.05, 0.1) is 18.8 Å². The molecule has 0 aliphatic heterocycles. The first-order chi connectivity index (χ1) is 10.2. The van der Waals surface area contributed by atoms with Crippen LogP contribution in [-0.4, -0.2) is 22.5 Å². The van der Waals surface area contributed by atoms with Crippen molar-refractivity contribution in [2.75, 3.05) is 7.11 Å². The Morgan fingerprint density at radius 2 is 2.05 bits per heavy atom. The van der Waals surface area contributed by atoms with E-state index in [2.05, 4.69) is 30.1 Å². The Balaban J connectivity index is 2.09. The third-order valence-electron chi connectivity index (χ3n) is 3.46. The minimum absolute atomic E-state index is 0.357. The summed E-state index contributed by atoms with van der Waals surface area (Å²) in [5, 5.41) is 0. The van der Waals surface area contributed by atoms with Crippen molar-refractivity contribution in [3.05, 3.63) is 71.3 Å². The first-order valence-corrected chi connectivity index (χ1v) is 6.78.